The van der Waals surface area contributed by atoms with Crippen molar-refractivity contribution in [1.29, 1.82) is 0 Å². The van der Waals surface area contributed by atoms with Gasteiger partial charge < -0.3 is 4.42 Å². The number of rotatable bonds is 5. The van der Waals surface area contributed by atoms with E-state index in [4.69, 9.17) is 16.8 Å². The molecule has 0 aliphatic rings. The summed E-state index contributed by atoms with van der Waals surface area (Å²) in [6, 6.07) is 8.51. The molecule has 8 aromatic carbocycles. The lowest BCUT2D eigenvalue weighted by Gasteiger charge is -2.18. The Morgan fingerprint density at radius 3 is 1.83 bits per heavy atom. The standard InChI is InChI=1S/C45H30O/c1-3-12-30(13-4-1)28-40-36-16-7-9-18-38(36)44(39-19-10-8-17-37(39)40)33-24-22-31(23-25-33)34-26-27-42-41(29-34)45-35(20-11-21-43(45)46-42)32-14-5-2-6-15-32/h1-27,29H,28H2/i1D,3D,4D,7D,8D,9D,10D,12D,13D,16D,17D,18D,19D,22D,23D,24D,25D. The quantitative estimate of drug-likeness (QED) is 0.178. The molecule has 0 saturated heterocycles. The Labute approximate surface area is 291 Å². The third-order valence-electron chi connectivity index (χ3n) is 8.13. The van der Waals surface area contributed by atoms with Crippen LogP contribution in [-0.2, 0) is 6.42 Å². The third kappa shape index (κ3) is 4.40. The van der Waals surface area contributed by atoms with Crippen LogP contribution in [0.15, 0.2) is 174 Å². The zero-order valence-corrected chi connectivity index (χ0v) is 24.0. The van der Waals surface area contributed by atoms with Gasteiger partial charge in [-0.05, 0) is 90.7 Å². The predicted octanol–water partition coefficient (Wildman–Crippen LogP) is 12.5. The van der Waals surface area contributed by atoms with Crippen LogP contribution in [0, 0.1) is 0 Å². The van der Waals surface area contributed by atoms with E-state index in [2.05, 4.69) is 0 Å². The van der Waals surface area contributed by atoms with E-state index in [0.29, 0.717) is 22.1 Å². The molecule has 1 nitrogen and oxygen atoms in total. The van der Waals surface area contributed by atoms with Gasteiger partial charge in [-0.15, -0.1) is 0 Å². The molecule has 9 rings (SSSR count). The van der Waals surface area contributed by atoms with E-state index in [1.165, 1.54) is 0 Å². The first-order valence-corrected chi connectivity index (χ1v) is 14.5. The second-order valence-corrected chi connectivity index (χ2v) is 10.7. The van der Waals surface area contributed by atoms with Crippen molar-refractivity contribution < 1.29 is 27.7 Å². The van der Waals surface area contributed by atoms with Gasteiger partial charge in [-0.2, -0.15) is 0 Å². The molecule has 0 aliphatic heterocycles. The normalized spacial score (nSPS) is 16.7. The van der Waals surface area contributed by atoms with E-state index < -0.39 is 131 Å². The molecule has 0 atom stereocenters. The first-order chi connectivity index (χ1) is 29.9. The van der Waals surface area contributed by atoms with Crippen LogP contribution in [-0.4, -0.2) is 0 Å². The Bertz CT molecular complexity index is 3370. The van der Waals surface area contributed by atoms with E-state index in [1.807, 2.05) is 48.5 Å². The van der Waals surface area contributed by atoms with Gasteiger partial charge in [0.25, 0.3) is 0 Å². The first kappa shape index (κ1) is 14.5. The molecule has 9 aromatic rings. The van der Waals surface area contributed by atoms with Gasteiger partial charge >= 0.3 is 0 Å². The second-order valence-electron chi connectivity index (χ2n) is 10.7. The average molecular weight is 604 g/mol. The van der Waals surface area contributed by atoms with Gasteiger partial charge in [0.1, 0.15) is 11.2 Å². The van der Waals surface area contributed by atoms with Gasteiger partial charge in [0, 0.05) is 10.8 Å². The smallest absolute Gasteiger partial charge is 0.136 e. The van der Waals surface area contributed by atoms with Crippen molar-refractivity contribution in [2.45, 2.75) is 6.42 Å². The minimum absolute atomic E-state index is 0.114. The molecule has 0 unspecified atom stereocenters. The Morgan fingerprint density at radius 1 is 0.457 bits per heavy atom. The maximum Gasteiger partial charge on any atom is 0.136 e. The minimum atomic E-state index is -0.773. The molecule has 1 aromatic heterocycles. The molecule has 0 amide bonds. The minimum Gasteiger partial charge on any atom is -0.456 e. The lowest BCUT2D eigenvalue weighted by molar-refractivity contribution is 0.669. The fraction of sp³-hybridized carbons (Fsp3) is 0.0222. The molecule has 1 heteroatoms. The number of hydrogen-bond donors (Lipinski definition) is 0. The van der Waals surface area contributed by atoms with E-state index in [0.717, 1.165) is 16.5 Å². The third-order valence-corrected chi connectivity index (χ3v) is 8.13. The number of benzene rings is 8. The SMILES string of the molecule is [2H]c1c([2H])c([2H])c(Cc2c3c([2H])c([2H])c([2H])c([2H])c3c(-c3c([2H])c([2H])c(-c4ccc5oc6cccc(-c7ccccc7)c6c5c4)c([2H])c3[2H])c3c([2H])c([2H])c([2H])c([2H])c23)c([2H])c1[2H]. The van der Waals surface area contributed by atoms with E-state index in [9.17, 15) is 11.0 Å². The maximum absolute atomic E-state index is 9.52. The Balaban J connectivity index is 1.40. The lowest BCUT2D eigenvalue weighted by Crippen LogP contribution is -1.95. The van der Waals surface area contributed by atoms with Crippen molar-refractivity contribution in [1.82, 2.24) is 0 Å². The van der Waals surface area contributed by atoms with Crippen molar-refractivity contribution in [3.63, 3.8) is 0 Å². The Hall–Kier alpha value is -5.92. The monoisotopic (exact) mass is 603 g/mol. The van der Waals surface area contributed by atoms with Crippen LogP contribution in [0.4, 0.5) is 0 Å². The number of fused-ring (bicyclic) bond motifs is 5. The highest BCUT2D eigenvalue weighted by atomic mass is 16.3. The summed E-state index contributed by atoms with van der Waals surface area (Å²) in [5.74, 6) is 0. The molecule has 0 N–H and O–H groups in total. The van der Waals surface area contributed by atoms with Crippen LogP contribution < -0.4 is 0 Å². The highest BCUT2D eigenvalue weighted by molar-refractivity contribution is 6.16. The van der Waals surface area contributed by atoms with Crippen LogP contribution in [0.25, 0.3) is 76.9 Å². The van der Waals surface area contributed by atoms with Gasteiger partial charge in [0.05, 0.1) is 23.3 Å². The number of furan rings is 1. The summed E-state index contributed by atoms with van der Waals surface area (Å²) in [5, 5.41) is -0.122. The van der Waals surface area contributed by atoms with Crippen molar-refractivity contribution in [3.8, 4) is 33.4 Å². The number of hydrogen-bond acceptors (Lipinski definition) is 1. The topological polar surface area (TPSA) is 13.1 Å². The van der Waals surface area contributed by atoms with Crippen LogP contribution in [0.3, 0.4) is 0 Å². The molecule has 0 fully saturated rings. The fourth-order valence-electron chi connectivity index (χ4n) is 6.09. The van der Waals surface area contributed by atoms with E-state index in [-0.39, 0.29) is 27.5 Å². The molecule has 0 bridgehead atoms. The summed E-state index contributed by atoms with van der Waals surface area (Å²) in [7, 11) is 0. The second kappa shape index (κ2) is 10.9. The largest absolute Gasteiger partial charge is 0.456 e. The summed E-state index contributed by atoms with van der Waals surface area (Å²) in [6.45, 7) is 0. The van der Waals surface area contributed by atoms with E-state index >= 15 is 0 Å². The molecule has 0 radical (unpaired) electrons. The van der Waals surface area contributed by atoms with Crippen LogP contribution in [0.1, 0.15) is 34.4 Å². The van der Waals surface area contributed by atoms with Gasteiger partial charge in [0.2, 0.25) is 0 Å². The van der Waals surface area contributed by atoms with Gasteiger partial charge in [-0.3, -0.25) is 0 Å². The van der Waals surface area contributed by atoms with Crippen molar-refractivity contribution in [2.75, 3.05) is 0 Å². The zero-order chi connectivity index (χ0) is 45.2. The van der Waals surface area contributed by atoms with Crippen molar-refractivity contribution in [2.24, 2.45) is 0 Å². The van der Waals surface area contributed by atoms with Crippen LogP contribution >= 0.6 is 0 Å². The van der Waals surface area contributed by atoms with Gasteiger partial charge in [-0.25, -0.2) is 0 Å². The first-order valence-electron chi connectivity index (χ1n) is 23.0. The van der Waals surface area contributed by atoms with E-state index in [1.54, 1.807) is 18.2 Å². The Kier molecular flexibility index (Phi) is 3.43. The molecule has 0 saturated carbocycles. The average Bonchev–Trinajstić information content (AvgIpc) is 3.66. The van der Waals surface area contributed by atoms with Crippen molar-refractivity contribution >= 4 is 43.5 Å². The van der Waals surface area contributed by atoms with Crippen molar-refractivity contribution in [3.05, 3.63) is 181 Å². The summed E-state index contributed by atoms with van der Waals surface area (Å²) >= 11 is 0. The summed E-state index contributed by atoms with van der Waals surface area (Å²) in [6.07, 6.45) is -0.655. The molecular weight excluding hydrogens is 556 g/mol. The highest BCUT2D eigenvalue weighted by Gasteiger charge is 2.17. The summed E-state index contributed by atoms with van der Waals surface area (Å²) in [4.78, 5) is 0. The highest BCUT2D eigenvalue weighted by Crippen LogP contribution is 2.42. The zero-order valence-electron chi connectivity index (χ0n) is 41.0. The molecule has 216 valence electrons. The molecule has 0 spiro atoms. The lowest BCUT2D eigenvalue weighted by atomic mass is 9.86. The van der Waals surface area contributed by atoms with Gasteiger partial charge in [0.15, 0.2) is 0 Å². The molecule has 46 heavy (non-hydrogen) atoms. The molecule has 1 heterocycles. The van der Waals surface area contributed by atoms with Crippen LogP contribution in [0.5, 0.6) is 0 Å². The predicted molar refractivity (Wildman–Crippen MR) is 194 cm³/mol. The van der Waals surface area contributed by atoms with Gasteiger partial charge in [-0.1, -0.05) is 151 Å². The Morgan fingerprint density at radius 2 is 1.11 bits per heavy atom. The summed E-state index contributed by atoms with van der Waals surface area (Å²) in [5.41, 5.74) is 1.59. The fourth-order valence-corrected chi connectivity index (χ4v) is 6.09. The molecular formula is C45H30O. The summed E-state index contributed by atoms with van der Waals surface area (Å²) < 4.78 is 158. The van der Waals surface area contributed by atoms with Crippen LogP contribution in [0.2, 0.25) is 0 Å². The maximum atomic E-state index is 9.52. The molecule has 0 aliphatic carbocycles.